The number of nitrogens with two attached hydrogens (primary N) is 1. The monoisotopic (exact) mass is 178 g/mol. The van der Waals surface area contributed by atoms with Crippen LogP contribution >= 0.6 is 0 Å². The second-order valence-electron chi connectivity index (χ2n) is 2.54. The zero-order valence-electron chi connectivity index (χ0n) is 7.23. The van der Waals surface area contributed by atoms with E-state index in [1.54, 1.807) is 19.1 Å². The van der Waals surface area contributed by atoms with Crippen LogP contribution < -0.4 is 5.73 Å². The van der Waals surface area contributed by atoms with E-state index >= 15 is 0 Å². The summed E-state index contributed by atoms with van der Waals surface area (Å²) in [6.07, 6.45) is 6.98. The molecule has 0 saturated heterocycles. The molecule has 2 N–H and O–H groups in total. The van der Waals surface area contributed by atoms with Gasteiger partial charge >= 0.3 is 0 Å². The molecule has 2 amide bonds. The summed E-state index contributed by atoms with van der Waals surface area (Å²) in [6.45, 7) is 1.67. The highest BCUT2D eigenvalue weighted by atomic mass is 16.2. The Labute approximate surface area is 76.0 Å². The largest absolute Gasteiger partial charge is 0.405 e. The van der Waals surface area contributed by atoms with Crippen LogP contribution in [-0.2, 0) is 9.59 Å². The molecule has 0 radical (unpaired) electrons. The summed E-state index contributed by atoms with van der Waals surface area (Å²) >= 11 is 0. The summed E-state index contributed by atoms with van der Waals surface area (Å²) in [6, 6.07) is 0. The summed E-state index contributed by atoms with van der Waals surface area (Å²) < 4.78 is 0. The van der Waals surface area contributed by atoms with Crippen molar-refractivity contribution in [1.29, 1.82) is 0 Å². The smallest absolute Gasteiger partial charge is 0.257 e. The lowest BCUT2D eigenvalue weighted by Gasteiger charge is -2.12. The molecule has 0 aromatic heterocycles. The van der Waals surface area contributed by atoms with Gasteiger partial charge in [-0.2, -0.15) is 0 Å². The van der Waals surface area contributed by atoms with Gasteiger partial charge in [0.25, 0.3) is 11.8 Å². The number of amides is 2. The van der Waals surface area contributed by atoms with Gasteiger partial charge in [-0.25, -0.2) is 4.90 Å². The van der Waals surface area contributed by atoms with Crippen molar-refractivity contribution in [3.05, 3.63) is 36.2 Å². The number of carbonyl (C=O) groups excluding carboxylic acids is 2. The predicted octanol–water partition coefficient (Wildman–Crippen LogP) is 0.288. The van der Waals surface area contributed by atoms with Crippen molar-refractivity contribution >= 4 is 11.8 Å². The minimum atomic E-state index is -0.316. The van der Waals surface area contributed by atoms with Crippen LogP contribution in [-0.4, -0.2) is 16.7 Å². The quantitative estimate of drug-likeness (QED) is 0.488. The summed E-state index contributed by atoms with van der Waals surface area (Å²) in [7, 11) is 0. The number of imide groups is 1. The first kappa shape index (κ1) is 9.25. The molecule has 0 aliphatic carbocycles. The lowest BCUT2D eigenvalue weighted by atomic mass is 10.3. The van der Waals surface area contributed by atoms with E-state index in [2.05, 4.69) is 0 Å². The molecule has 0 saturated carbocycles. The minimum Gasteiger partial charge on any atom is -0.405 e. The standard InChI is InChI=1S/C9H10N2O2/c1-7(3-2-6-10)11-8(12)4-5-9(11)13/h2-6H,10H2,1H3/b6-2-,7-3+. The maximum absolute atomic E-state index is 11.1. The molecule has 4 heteroatoms. The molecule has 1 heterocycles. The van der Waals surface area contributed by atoms with Crippen molar-refractivity contribution in [3.8, 4) is 0 Å². The number of allylic oxidation sites excluding steroid dienone is 3. The highest BCUT2D eigenvalue weighted by molar-refractivity contribution is 6.14. The fraction of sp³-hybridized carbons (Fsp3) is 0.111. The highest BCUT2D eigenvalue weighted by Crippen LogP contribution is 2.11. The van der Waals surface area contributed by atoms with Crippen molar-refractivity contribution in [3.63, 3.8) is 0 Å². The molecule has 0 atom stereocenters. The van der Waals surface area contributed by atoms with E-state index in [1.165, 1.54) is 18.4 Å². The van der Waals surface area contributed by atoms with Gasteiger partial charge in [0, 0.05) is 17.8 Å². The Morgan fingerprint density at radius 1 is 1.38 bits per heavy atom. The molecule has 0 aromatic rings. The van der Waals surface area contributed by atoms with Crippen molar-refractivity contribution in [2.45, 2.75) is 6.92 Å². The van der Waals surface area contributed by atoms with E-state index in [9.17, 15) is 9.59 Å². The second kappa shape index (κ2) is 3.71. The SMILES string of the molecule is C/C(=C\C=C/N)N1C(=O)C=CC1=O. The fourth-order valence-electron chi connectivity index (χ4n) is 1.02. The Balaban J connectivity index is 2.84. The number of hydrogen-bond acceptors (Lipinski definition) is 3. The third-order valence-corrected chi connectivity index (χ3v) is 1.61. The molecule has 1 aliphatic heterocycles. The highest BCUT2D eigenvalue weighted by Gasteiger charge is 2.23. The number of carbonyl (C=O) groups is 2. The van der Waals surface area contributed by atoms with Crippen LogP contribution in [0.5, 0.6) is 0 Å². The molecule has 0 aromatic carbocycles. The van der Waals surface area contributed by atoms with Crippen LogP contribution in [0.15, 0.2) is 36.2 Å². The Hall–Kier alpha value is -1.84. The normalized spacial score (nSPS) is 17.9. The molecular weight excluding hydrogens is 168 g/mol. The van der Waals surface area contributed by atoms with Crippen LogP contribution in [0.25, 0.3) is 0 Å². The Morgan fingerprint density at radius 3 is 2.38 bits per heavy atom. The topological polar surface area (TPSA) is 63.4 Å². The molecule has 0 fully saturated rings. The maximum atomic E-state index is 11.1. The minimum absolute atomic E-state index is 0.316. The maximum Gasteiger partial charge on any atom is 0.257 e. The summed E-state index contributed by atoms with van der Waals surface area (Å²) in [5.41, 5.74) is 5.67. The van der Waals surface area contributed by atoms with Gasteiger partial charge < -0.3 is 5.73 Å². The van der Waals surface area contributed by atoms with Gasteiger partial charge in [0.1, 0.15) is 0 Å². The van der Waals surface area contributed by atoms with Crippen molar-refractivity contribution in [2.24, 2.45) is 5.73 Å². The molecule has 0 unspecified atom stereocenters. The lowest BCUT2D eigenvalue weighted by molar-refractivity contribution is -0.134. The van der Waals surface area contributed by atoms with Crippen LogP contribution in [0, 0.1) is 0 Å². The molecule has 0 spiro atoms. The van der Waals surface area contributed by atoms with Crippen molar-refractivity contribution < 1.29 is 9.59 Å². The molecule has 1 aliphatic rings. The fourth-order valence-corrected chi connectivity index (χ4v) is 1.02. The summed E-state index contributed by atoms with van der Waals surface area (Å²) in [5.74, 6) is -0.631. The number of hydrogen-bond donors (Lipinski definition) is 1. The zero-order valence-corrected chi connectivity index (χ0v) is 7.23. The van der Waals surface area contributed by atoms with Gasteiger partial charge in [0.15, 0.2) is 0 Å². The second-order valence-corrected chi connectivity index (χ2v) is 2.54. The Kier molecular flexibility index (Phi) is 2.64. The lowest BCUT2D eigenvalue weighted by Crippen LogP contribution is -2.27. The van der Waals surface area contributed by atoms with E-state index in [0.717, 1.165) is 4.90 Å². The first-order valence-electron chi connectivity index (χ1n) is 3.78. The Morgan fingerprint density at radius 2 is 1.92 bits per heavy atom. The van der Waals surface area contributed by atoms with E-state index in [4.69, 9.17) is 5.73 Å². The van der Waals surface area contributed by atoms with Crippen LogP contribution in [0.4, 0.5) is 0 Å². The van der Waals surface area contributed by atoms with Crippen molar-refractivity contribution in [1.82, 2.24) is 4.90 Å². The van der Waals surface area contributed by atoms with Gasteiger partial charge in [-0.05, 0) is 25.3 Å². The predicted molar refractivity (Wildman–Crippen MR) is 48.1 cm³/mol. The first-order chi connectivity index (χ1) is 6.16. The van der Waals surface area contributed by atoms with Crippen LogP contribution in [0.1, 0.15) is 6.92 Å². The van der Waals surface area contributed by atoms with Gasteiger partial charge in [-0.3, -0.25) is 9.59 Å². The third kappa shape index (κ3) is 1.84. The number of nitrogens with zero attached hydrogens (tertiary/aromatic N) is 1. The van der Waals surface area contributed by atoms with E-state index < -0.39 is 0 Å². The van der Waals surface area contributed by atoms with E-state index in [-0.39, 0.29) is 11.8 Å². The van der Waals surface area contributed by atoms with E-state index in [1.807, 2.05) is 0 Å². The molecule has 13 heavy (non-hydrogen) atoms. The average Bonchev–Trinajstić information content (AvgIpc) is 2.42. The van der Waals surface area contributed by atoms with Gasteiger partial charge in [0.2, 0.25) is 0 Å². The third-order valence-electron chi connectivity index (χ3n) is 1.61. The Bertz CT molecular complexity index is 309. The van der Waals surface area contributed by atoms with Crippen molar-refractivity contribution in [2.75, 3.05) is 0 Å². The molecule has 68 valence electrons. The number of rotatable bonds is 2. The summed E-state index contributed by atoms with van der Waals surface area (Å²) in [5, 5.41) is 0. The van der Waals surface area contributed by atoms with Gasteiger partial charge in [-0.1, -0.05) is 0 Å². The molecule has 1 rings (SSSR count). The van der Waals surface area contributed by atoms with Gasteiger partial charge in [-0.15, -0.1) is 0 Å². The van der Waals surface area contributed by atoms with Crippen LogP contribution in [0.3, 0.4) is 0 Å². The molecule has 0 bridgehead atoms. The first-order valence-corrected chi connectivity index (χ1v) is 3.78. The van der Waals surface area contributed by atoms with E-state index in [0.29, 0.717) is 5.70 Å². The zero-order chi connectivity index (χ0) is 9.84. The molecule has 4 nitrogen and oxygen atoms in total. The molecular formula is C9H10N2O2. The van der Waals surface area contributed by atoms with Gasteiger partial charge in [0.05, 0.1) is 0 Å². The van der Waals surface area contributed by atoms with Crippen LogP contribution in [0.2, 0.25) is 0 Å². The summed E-state index contributed by atoms with van der Waals surface area (Å²) in [4.78, 5) is 23.3. The average molecular weight is 178 g/mol.